The number of aryl methyl sites for hydroxylation is 1. The molecule has 0 spiro atoms. The van der Waals surface area contributed by atoms with Crippen LogP contribution in [0.3, 0.4) is 0 Å². The molecule has 2 heteroatoms. The summed E-state index contributed by atoms with van der Waals surface area (Å²) in [6, 6.07) is 16.6. The van der Waals surface area contributed by atoms with Crippen molar-refractivity contribution in [1.29, 1.82) is 0 Å². The molecule has 0 saturated heterocycles. The minimum absolute atomic E-state index is 0.0494. The van der Waals surface area contributed by atoms with Gasteiger partial charge in [0.1, 0.15) is 5.75 Å². The highest BCUT2D eigenvalue weighted by molar-refractivity contribution is 5.54. The third-order valence-corrected chi connectivity index (χ3v) is 4.74. The van der Waals surface area contributed by atoms with Crippen molar-refractivity contribution >= 4 is 0 Å². The van der Waals surface area contributed by atoms with Gasteiger partial charge in [0.05, 0.1) is 0 Å². The molecule has 2 nitrogen and oxygen atoms in total. The van der Waals surface area contributed by atoms with Gasteiger partial charge in [-0.1, -0.05) is 42.5 Å². The monoisotopic (exact) mass is 281 g/mol. The predicted molar refractivity (Wildman–Crippen MR) is 86.8 cm³/mol. The van der Waals surface area contributed by atoms with Gasteiger partial charge in [-0.15, -0.1) is 0 Å². The lowest BCUT2D eigenvalue weighted by Crippen LogP contribution is -2.30. The zero-order valence-corrected chi connectivity index (χ0v) is 12.8. The lowest BCUT2D eigenvalue weighted by atomic mass is 9.72. The Bertz CT molecular complexity index is 621. The van der Waals surface area contributed by atoms with Crippen molar-refractivity contribution in [3.63, 3.8) is 0 Å². The van der Waals surface area contributed by atoms with Crippen molar-refractivity contribution < 1.29 is 5.11 Å². The van der Waals surface area contributed by atoms with Crippen LogP contribution < -0.4 is 0 Å². The maximum absolute atomic E-state index is 10.5. The molecule has 2 aromatic rings. The molecular weight excluding hydrogens is 258 g/mol. The second kappa shape index (κ2) is 5.53. The summed E-state index contributed by atoms with van der Waals surface area (Å²) in [5.41, 5.74) is 3.73. The molecule has 1 aliphatic carbocycles. The first-order valence-electron chi connectivity index (χ1n) is 7.65. The number of nitrogens with zero attached hydrogens (tertiary/aromatic N) is 1. The molecule has 0 saturated carbocycles. The predicted octanol–water partition coefficient (Wildman–Crippen LogP) is 3.58. The Morgan fingerprint density at radius 1 is 1.05 bits per heavy atom. The van der Waals surface area contributed by atoms with E-state index in [1.165, 1.54) is 11.1 Å². The number of phenolic OH excluding ortho intramolecular Hbond substituents is 1. The Labute approximate surface area is 127 Å². The lowest BCUT2D eigenvalue weighted by molar-refractivity contribution is 0.336. The largest absolute Gasteiger partial charge is 0.508 e. The van der Waals surface area contributed by atoms with Gasteiger partial charge < -0.3 is 10.0 Å². The Morgan fingerprint density at radius 2 is 1.81 bits per heavy atom. The molecular formula is C19H23NO. The van der Waals surface area contributed by atoms with E-state index in [0.717, 1.165) is 31.4 Å². The SMILES string of the molecule is CN(C)CC[C@@]1(c2ccccc2)CCc2cccc(O)c21. The van der Waals surface area contributed by atoms with Crippen LogP contribution >= 0.6 is 0 Å². The van der Waals surface area contributed by atoms with Gasteiger partial charge in [0.2, 0.25) is 0 Å². The van der Waals surface area contributed by atoms with Crippen LogP contribution in [0, 0.1) is 0 Å². The van der Waals surface area contributed by atoms with Crippen molar-refractivity contribution in [2.75, 3.05) is 20.6 Å². The van der Waals surface area contributed by atoms with Crippen LogP contribution in [-0.2, 0) is 11.8 Å². The average Bonchev–Trinajstić information content (AvgIpc) is 2.88. The van der Waals surface area contributed by atoms with Crippen LogP contribution in [0.2, 0.25) is 0 Å². The summed E-state index contributed by atoms with van der Waals surface area (Å²) in [7, 11) is 4.22. The van der Waals surface area contributed by atoms with E-state index in [1.807, 2.05) is 12.1 Å². The van der Waals surface area contributed by atoms with Gasteiger partial charge in [-0.25, -0.2) is 0 Å². The maximum Gasteiger partial charge on any atom is 0.119 e. The molecule has 1 aliphatic rings. The number of rotatable bonds is 4. The van der Waals surface area contributed by atoms with Crippen LogP contribution in [0.15, 0.2) is 48.5 Å². The molecule has 21 heavy (non-hydrogen) atoms. The molecule has 1 N–H and O–H groups in total. The topological polar surface area (TPSA) is 23.5 Å². The molecule has 0 aromatic heterocycles. The van der Waals surface area contributed by atoms with Gasteiger partial charge in [0.15, 0.2) is 0 Å². The van der Waals surface area contributed by atoms with Crippen LogP contribution in [-0.4, -0.2) is 30.6 Å². The lowest BCUT2D eigenvalue weighted by Gasteiger charge is -2.33. The van der Waals surface area contributed by atoms with Crippen LogP contribution in [0.25, 0.3) is 0 Å². The quantitative estimate of drug-likeness (QED) is 0.926. The number of fused-ring (bicyclic) bond motifs is 1. The number of benzene rings is 2. The Hall–Kier alpha value is -1.80. The van der Waals surface area contributed by atoms with Crippen molar-refractivity contribution in [3.8, 4) is 5.75 Å². The standard InChI is InChI=1S/C19H23NO/c1-20(2)14-13-19(16-8-4-3-5-9-16)12-11-15-7-6-10-17(21)18(15)19/h3-10,21H,11-14H2,1-2H3/t19-/m1/s1. The summed E-state index contributed by atoms with van der Waals surface area (Å²) in [6.45, 7) is 1.02. The van der Waals surface area contributed by atoms with E-state index in [4.69, 9.17) is 0 Å². The van der Waals surface area contributed by atoms with Crippen LogP contribution in [0.5, 0.6) is 5.75 Å². The first-order chi connectivity index (χ1) is 10.1. The smallest absolute Gasteiger partial charge is 0.119 e. The molecule has 0 bridgehead atoms. The molecule has 2 aromatic carbocycles. The highest BCUT2D eigenvalue weighted by Gasteiger charge is 2.41. The van der Waals surface area contributed by atoms with Gasteiger partial charge in [-0.05, 0) is 57.1 Å². The second-order valence-electron chi connectivity index (χ2n) is 6.31. The molecule has 0 heterocycles. The molecule has 110 valence electrons. The first-order valence-corrected chi connectivity index (χ1v) is 7.65. The van der Waals surface area contributed by atoms with Gasteiger partial charge in [0, 0.05) is 11.0 Å². The van der Waals surface area contributed by atoms with Crippen molar-refractivity contribution in [3.05, 3.63) is 65.2 Å². The minimum Gasteiger partial charge on any atom is -0.508 e. The fourth-order valence-electron chi connectivity index (χ4n) is 3.68. The van der Waals surface area contributed by atoms with E-state index in [0.29, 0.717) is 5.75 Å². The minimum atomic E-state index is -0.0494. The van der Waals surface area contributed by atoms with E-state index < -0.39 is 0 Å². The molecule has 0 radical (unpaired) electrons. The highest BCUT2D eigenvalue weighted by Crippen LogP contribution is 2.50. The number of aromatic hydroxyl groups is 1. The summed E-state index contributed by atoms with van der Waals surface area (Å²) < 4.78 is 0. The number of hydrogen-bond acceptors (Lipinski definition) is 2. The van der Waals surface area contributed by atoms with E-state index in [-0.39, 0.29) is 5.41 Å². The van der Waals surface area contributed by atoms with Gasteiger partial charge in [0.25, 0.3) is 0 Å². The fraction of sp³-hybridized carbons (Fsp3) is 0.368. The molecule has 0 unspecified atom stereocenters. The highest BCUT2D eigenvalue weighted by atomic mass is 16.3. The zero-order chi connectivity index (χ0) is 14.9. The second-order valence-corrected chi connectivity index (χ2v) is 6.31. The fourth-order valence-corrected chi connectivity index (χ4v) is 3.68. The van der Waals surface area contributed by atoms with E-state index in [9.17, 15) is 5.11 Å². The third-order valence-electron chi connectivity index (χ3n) is 4.74. The summed E-state index contributed by atoms with van der Waals surface area (Å²) in [5.74, 6) is 0.451. The van der Waals surface area contributed by atoms with E-state index >= 15 is 0 Å². The van der Waals surface area contributed by atoms with Gasteiger partial charge >= 0.3 is 0 Å². The Balaban J connectivity index is 2.12. The summed E-state index contributed by atoms with van der Waals surface area (Å²) in [5, 5.41) is 10.5. The summed E-state index contributed by atoms with van der Waals surface area (Å²) in [6.07, 6.45) is 3.17. The molecule has 3 rings (SSSR count). The average molecular weight is 281 g/mol. The number of hydrogen-bond donors (Lipinski definition) is 1. The van der Waals surface area contributed by atoms with Crippen LogP contribution in [0.4, 0.5) is 0 Å². The summed E-state index contributed by atoms with van der Waals surface area (Å²) in [4.78, 5) is 2.22. The molecule has 0 fully saturated rings. The van der Waals surface area contributed by atoms with E-state index in [2.05, 4.69) is 55.4 Å². The van der Waals surface area contributed by atoms with Crippen LogP contribution in [0.1, 0.15) is 29.5 Å². The molecule has 0 amide bonds. The zero-order valence-electron chi connectivity index (χ0n) is 12.8. The normalized spacial score (nSPS) is 20.7. The van der Waals surface area contributed by atoms with Crippen molar-refractivity contribution in [1.82, 2.24) is 4.90 Å². The van der Waals surface area contributed by atoms with Crippen molar-refractivity contribution in [2.45, 2.75) is 24.7 Å². The Morgan fingerprint density at radius 3 is 2.52 bits per heavy atom. The van der Waals surface area contributed by atoms with Gasteiger partial charge in [-0.2, -0.15) is 0 Å². The van der Waals surface area contributed by atoms with Gasteiger partial charge in [-0.3, -0.25) is 0 Å². The third kappa shape index (κ3) is 2.44. The van der Waals surface area contributed by atoms with E-state index in [1.54, 1.807) is 0 Å². The maximum atomic E-state index is 10.5. The Kier molecular flexibility index (Phi) is 3.73. The molecule has 0 aliphatic heterocycles. The number of phenols is 1. The summed E-state index contributed by atoms with van der Waals surface area (Å²) >= 11 is 0. The first kappa shape index (κ1) is 14.2. The van der Waals surface area contributed by atoms with Crippen molar-refractivity contribution in [2.24, 2.45) is 0 Å². The molecule has 1 atom stereocenters.